The molecule has 3 nitrogen and oxygen atoms in total. The first-order valence-corrected chi connectivity index (χ1v) is 5.02. The Labute approximate surface area is 90.0 Å². The molecule has 0 aliphatic rings. The number of hydrogen-bond acceptors (Lipinski definition) is 2. The SMILES string of the molecule is C=C(Cl)CN(CC)Cc1cnn(C)c1. The second-order valence-electron chi connectivity index (χ2n) is 3.34. The second-order valence-corrected chi connectivity index (χ2v) is 3.88. The number of halogens is 1. The molecule has 0 saturated heterocycles. The molecule has 0 bridgehead atoms. The fourth-order valence-electron chi connectivity index (χ4n) is 1.33. The summed E-state index contributed by atoms with van der Waals surface area (Å²) in [5.41, 5.74) is 1.20. The maximum atomic E-state index is 5.77. The second kappa shape index (κ2) is 5.17. The first-order chi connectivity index (χ1) is 6.61. The van der Waals surface area contributed by atoms with Crippen LogP contribution >= 0.6 is 11.6 Å². The summed E-state index contributed by atoms with van der Waals surface area (Å²) in [5.74, 6) is 0. The van der Waals surface area contributed by atoms with E-state index in [0.717, 1.165) is 19.6 Å². The molecule has 1 aromatic heterocycles. The van der Waals surface area contributed by atoms with Crippen molar-refractivity contribution < 1.29 is 0 Å². The van der Waals surface area contributed by atoms with Crippen molar-refractivity contribution in [2.45, 2.75) is 13.5 Å². The van der Waals surface area contributed by atoms with Gasteiger partial charge in [-0.25, -0.2) is 0 Å². The molecule has 0 aliphatic heterocycles. The lowest BCUT2D eigenvalue weighted by Crippen LogP contribution is -2.23. The van der Waals surface area contributed by atoms with Crippen molar-refractivity contribution in [1.29, 1.82) is 0 Å². The summed E-state index contributed by atoms with van der Waals surface area (Å²) >= 11 is 5.77. The minimum absolute atomic E-state index is 0.677. The number of aromatic nitrogens is 2. The Morgan fingerprint density at radius 1 is 1.71 bits per heavy atom. The standard InChI is InChI=1S/C10H16ClN3/c1-4-14(6-9(2)11)8-10-5-12-13(3)7-10/h5,7H,2,4,6,8H2,1,3H3. The van der Waals surface area contributed by atoms with E-state index in [2.05, 4.69) is 23.5 Å². The predicted octanol–water partition coefficient (Wildman–Crippen LogP) is 1.99. The predicted molar refractivity (Wildman–Crippen MR) is 59.2 cm³/mol. The van der Waals surface area contributed by atoms with Gasteiger partial charge < -0.3 is 0 Å². The van der Waals surface area contributed by atoms with Gasteiger partial charge in [0.2, 0.25) is 0 Å². The molecule has 0 fully saturated rings. The highest BCUT2D eigenvalue weighted by atomic mass is 35.5. The van der Waals surface area contributed by atoms with E-state index in [1.54, 1.807) is 4.68 Å². The van der Waals surface area contributed by atoms with Crippen LogP contribution < -0.4 is 0 Å². The fourth-order valence-corrected chi connectivity index (χ4v) is 1.50. The summed E-state index contributed by atoms with van der Waals surface area (Å²) < 4.78 is 1.80. The largest absolute Gasteiger partial charge is 0.294 e. The van der Waals surface area contributed by atoms with Gasteiger partial charge in [-0.2, -0.15) is 5.10 Å². The van der Waals surface area contributed by atoms with Crippen LogP contribution in [0.4, 0.5) is 0 Å². The highest BCUT2D eigenvalue weighted by Gasteiger charge is 2.05. The van der Waals surface area contributed by atoms with Crippen LogP contribution in [-0.2, 0) is 13.6 Å². The average Bonchev–Trinajstić information content (AvgIpc) is 2.49. The van der Waals surface area contributed by atoms with E-state index in [0.29, 0.717) is 5.03 Å². The summed E-state index contributed by atoms with van der Waals surface area (Å²) in [4.78, 5) is 2.21. The highest BCUT2D eigenvalue weighted by Crippen LogP contribution is 2.06. The molecule has 1 heterocycles. The van der Waals surface area contributed by atoms with E-state index in [9.17, 15) is 0 Å². The van der Waals surface area contributed by atoms with Gasteiger partial charge in [0.1, 0.15) is 0 Å². The third-order valence-corrected chi connectivity index (χ3v) is 2.13. The van der Waals surface area contributed by atoms with Crippen molar-refractivity contribution in [3.8, 4) is 0 Å². The lowest BCUT2D eigenvalue weighted by atomic mass is 10.3. The van der Waals surface area contributed by atoms with Gasteiger partial charge >= 0.3 is 0 Å². The molecule has 4 heteroatoms. The van der Waals surface area contributed by atoms with E-state index in [1.807, 2.05) is 19.4 Å². The molecule has 0 radical (unpaired) electrons. The molecule has 0 atom stereocenters. The van der Waals surface area contributed by atoms with Gasteiger partial charge in [-0.05, 0) is 6.54 Å². The number of nitrogens with zero attached hydrogens (tertiary/aromatic N) is 3. The highest BCUT2D eigenvalue weighted by molar-refractivity contribution is 6.29. The summed E-state index contributed by atoms with van der Waals surface area (Å²) in [7, 11) is 1.92. The summed E-state index contributed by atoms with van der Waals surface area (Å²) in [6.07, 6.45) is 3.89. The molecule has 0 amide bonds. The number of aryl methyl sites for hydroxylation is 1. The van der Waals surface area contributed by atoms with Gasteiger partial charge in [0.05, 0.1) is 6.20 Å². The molecule has 1 aromatic rings. The molecule has 0 spiro atoms. The topological polar surface area (TPSA) is 21.1 Å². The van der Waals surface area contributed by atoms with Crippen LogP contribution in [0.3, 0.4) is 0 Å². The molecule has 0 saturated carbocycles. The Balaban J connectivity index is 2.52. The van der Waals surface area contributed by atoms with Crippen LogP contribution in [-0.4, -0.2) is 27.8 Å². The molecule has 78 valence electrons. The van der Waals surface area contributed by atoms with E-state index < -0.39 is 0 Å². The maximum absolute atomic E-state index is 5.77. The molecule has 0 aromatic carbocycles. The van der Waals surface area contributed by atoms with E-state index in [4.69, 9.17) is 11.6 Å². The normalized spacial score (nSPS) is 10.9. The van der Waals surface area contributed by atoms with Gasteiger partial charge in [0, 0.05) is 36.9 Å². The van der Waals surface area contributed by atoms with Crippen molar-refractivity contribution >= 4 is 11.6 Å². The van der Waals surface area contributed by atoms with E-state index in [1.165, 1.54) is 5.56 Å². The van der Waals surface area contributed by atoms with Crippen LogP contribution in [0.15, 0.2) is 24.0 Å². The van der Waals surface area contributed by atoms with Crippen LogP contribution in [0, 0.1) is 0 Å². The van der Waals surface area contributed by atoms with Gasteiger partial charge in [-0.15, -0.1) is 0 Å². The van der Waals surface area contributed by atoms with Gasteiger partial charge in [-0.1, -0.05) is 25.1 Å². The Bertz CT molecular complexity index is 306. The third-order valence-electron chi connectivity index (χ3n) is 2.01. The van der Waals surface area contributed by atoms with Gasteiger partial charge in [0.15, 0.2) is 0 Å². The smallest absolute Gasteiger partial charge is 0.0534 e. The van der Waals surface area contributed by atoms with Gasteiger partial charge in [0.25, 0.3) is 0 Å². The lowest BCUT2D eigenvalue weighted by molar-refractivity contribution is 0.309. The van der Waals surface area contributed by atoms with Crippen LogP contribution in [0.2, 0.25) is 0 Å². The van der Waals surface area contributed by atoms with Gasteiger partial charge in [-0.3, -0.25) is 9.58 Å². The van der Waals surface area contributed by atoms with Crippen molar-refractivity contribution in [1.82, 2.24) is 14.7 Å². The molecule has 0 unspecified atom stereocenters. The van der Waals surface area contributed by atoms with E-state index >= 15 is 0 Å². The molecular formula is C10H16ClN3. The third kappa shape index (κ3) is 3.52. The Morgan fingerprint density at radius 3 is 2.86 bits per heavy atom. The zero-order chi connectivity index (χ0) is 10.6. The zero-order valence-electron chi connectivity index (χ0n) is 8.70. The van der Waals surface area contributed by atoms with Crippen molar-refractivity contribution in [3.63, 3.8) is 0 Å². The summed E-state index contributed by atoms with van der Waals surface area (Å²) in [5, 5.41) is 4.79. The Kier molecular flexibility index (Phi) is 4.17. The number of likely N-dealkylation sites (N-methyl/N-ethyl adjacent to an activating group) is 1. The van der Waals surface area contributed by atoms with Crippen molar-refractivity contribution in [3.05, 3.63) is 29.6 Å². The minimum atomic E-state index is 0.677. The number of hydrogen-bond donors (Lipinski definition) is 0. The minimum Gasteiger partial charge on any atom is -0.294 e. The molecular weight excluding hydrogens is 198 g/mol. The van der Waals surface area contributed by atoms with Crippen LogP contribution in [0.1, 0.15) is 12.5 Å². The Morgan fingerprint density at radius 2 is 2.43 bits per heavy atom. The quantitative estimate of drug-likeness (QED) is 0.746. The maximum Gasteiger partial charge on any atom is 0.0534 e. The average molecular weight is 214 g/mol. The fraction of sp³-hybridized carbons (Fsp3) is 0.500. The molecule has 0 aliphatic carbocycles. The number of rotatable bonds is 5. The first kappa shape index (κ1) is 11.3. The molecule has 0 N–H and O–H groups in total. The monoisotopic (exact) mass is 213 g/mol. The van der Waals surface area contributed by atoms with Crippen molar-refractivity contribution in [2.24, 2.45) is 7.05 Å². The summed E-state index contributed by atoms with van der Waals surface area (Å²) in [6, 6.07) is 0. The van der Waals surface area contributed by atoms with Crippen LogP contribution in [0.5, 0.6) is 0 Å². The zero-order valence-corrected chi connectivity index (χ0v) is 9.46. The van der Waals surface area contributed by atoms with Crippen LogP contribution in [0.25, 0.3) is 0 Å². The molecule has 1 rings (SSSR count). The van der Waals surface area contributed by atoms with E-state index in [-0.39, 0.29) is 0 Å². The Hall–Kier alpha value is -0.800. The molecule has 14 heavy (non-hydrogen) atoms. The van der Waals surface area contributed by atoms with Crippen molar-refractivity contribution in [2.75, 3.05) is 13.1 Å². The lowest BCUT2D eigenvalue weighted by Gasteiger charge is -2.18. The summed E-state index contributed by atoms with van der Waals surface area (Å²) in [6.45, 7) is 8.36. The first-order valence-electron chi connectivity index (χ1n) is 4.65.